The van der Waals surface area contributed by atoms with Gasteiger partial charge in [0, 0.05) is 25.2 Å². The van der Waals surface area contributed by atoms with Gasteiger partial charge in [-0.05, 0) is 61.4 Å². The lowest BCUT2D eigenvalue weighted by Gasteiger charge is -2.25. The van der Waals surface area contributed by atoms with Crippen molar-refractivity contribution in [2.45, 2.75) is 37.8 Å². The number of piperidine rings is 1. The van der Waals surface area contributed by atoms with Crippen molar-refractivity contribution in [3.63, 3.8) is 0 Å². The molecule has 108 valence electrons. The van der Waals surface area contributed by atoms with Gasteiger partial charge in [-0.2, -0.15) is 0 Å². The molecule has 1 aromatic rings. The van der Waals surface area contributed by atoms with Crippen molar-refractivity contribution in [1.82, 2.24) is 10.2 Å². The van der Waals surface area contributed by atoms with Crippen molar-refractivity contribution in [2.24, 2.45) is 5.92 Å². The zero-order valence-corrected chi connectivity index (χ0v) is 12.3. The lowest BCUT2D eigenvalue weighted by molar-refractivity contribution is 0.234. The van der Waals surface area contributed by atoms with Gasteiger partial charge in [0.2, 0.25) is 0 Å². The second kappa shape index (κ2) is 5.05. The Kier molecular flexibility index (Phi) is 3.20. The average molecular weight is 272 g/mol. The third-order valence-electron chi connectivity index (χ3n) is 5.47. The Hall–Kier alpha value is -1.06. The molecule has 2 saturated heterocycles. The summed E-state index contributed by atoms with van der Waals surface area (Å²) in [6.07, 6.45) is 5.27. The lowest BCUT2D eigenvalue weighted by atomic mass is 9.94. The van der Waals surface area contributed by atoms with Crippen molar-refractivity contribution < 1.29 is 4.74 Å². The summed E-state index contributed by atoms with van der Waals surface area (Å²) < 4.78 is 5.41. The number of likely N-dealkylation sites (tertiary alicyclic amines) is 1. The van der Waals surface area contributed by atoms with E-state index in [-0.39, 0.29) is 0 Å². The molecule has 3 atom stereocenters. The van der Waals surface area contributed by atoms with Crippen molar-refractivity contribution in [3.8, 4) is 5.75 Å². The molecule has 0 bridgehead atoms. The van der Waals surface area contributed by atoms with Crippen LogP contribution in [0, 0.1) is 5.92 Å². The number of nitrogens with zero attached hydrogens (tertiary/aromatic N) is 1. The minimum Gasteiger partial charge on any atom is -0.497 e. The Morgan fingerprint density at radius 2 is 2.20 bits per heavy atom. The maximum Gasteiger partial charge on any atom is 0.119 e. The Labute approximate surface area is 121 Å². The van der Waals surface area contributed by atoms with Gasteiger partial charge >= 0.3 is 0 Å². The fourth-order valence-corrected chi connectivity index (χ4v) is 4.40. The van der Waals surface area contributed by atoms with Gasteiger partial charge in [-0.15, -0.1) is 0 Å². The first kappa shape index (κ1) is 12.7. The highest BCUT2D eigenvalue weighted by Crippen LogP contribution is 2.41. The van der Waals surface area contributed by atoms with E-state index in [1.807, 2.05) is 0 Å². The third-order valence-corrected chi connectivity index (χ3v) is 5.47. The molecule has 1 aliphatic carbocycles. The molecular weight excluding hydrogens is 248 g/mol. The van der Waals surface area contributed by atoms with Crippen LogP contribution in [0.5, 0.6) is 5.75 Å². The normalized spacial score (nSPS) is 33.0. The van der Waals surface area contributed by atoms with Gasteiger partial charge in [0.1, 0.15) is 5.75 Å². The van der Waals surface area contributed by atoms with E-state index in [9.17, 15) is 0 Å². The predicted molar refractivity (Wildman–Crippen MR) is 80.1 cm³/mol. The number of hydrogen-bond acceptors (Lipinski definition) is 3. The molecule has 2 heterocycles. The Morgan fingerprint density at radius 3 is 3.05 bits per heavy atom. The van der Waals surface area contributed by atoms with Crippen molar-refractivity contribution in [3.05, 3.63) is 29.3 Å². The molecule has 4 rings (SSSR count). The Balaban J connectivity index is 1.56. The molecule has 3 nitrogen and oxygen atoms in total. The summed E-state index contributed by atoms with van der Waals surface area (Å²) >= 11 is 0. The van der Waals surface area contributed by atoms with E-state index in [1.165, 1.54) is 56.4 Å². The van der Waals surface area contributed by atoms with Gasteiger partial charge in [-0.3, -0.25) is 4.90 Å². The van der Waals surface area contributed by atoms with Gasteiger partial charge in [0.05, 0.1) is 7.11 Å². The van der Waals surface area contributed by atoms with Crippen LogP contribution in [-0.4, -0.2) is 37.7 Å². The summed E-state index contributed by atoms with van der Waals surface area (Å²) in [4.78, 5) is 2.72. The molecule has 1 N–H and O–H groups in total. The summed E-state index contributed by atoms with van der Waals surface area (Å²) in [5.41, 5.74) is 3.04. The smallest absolute Gasteiger partial charge is 0.119 e. The van der Waals surface area contributed by atoms with E-state index in [2.05, 4.69) is 28.4 Å². The van der Waals surface area contributed by atoms with Crippen LogP contribution < -0.4 is 10.1 Å². The molecule has 0 amide bonds. The summed E-state index contributed by atoms with van der Waals surface area (Å²) in [6.45, 7) is 3.72. The first-order valence-corrected chi connectivity index (χ1v) is 7.99. The minimum absolute atomic E-state index is 0.618. The highest BCUT2D eigenvalue weighted by atomic mass is 16.5. The molecular formula is C17H24N2O. The monoisotopic (exact) mass is 272 g/mol. The molecule has 0 spiro atoms. The molecule has 1 aromatic carbocycles. The van der Waals surface area contributed by atoms with E-state index in [4.69, 9.17) is 4.74 Å². The zero-order valence-electron chi connectivity index (χ0n) is 12.3. The highest BCUT2D eigenvalue weighted by molar-refractivity contribution is 5.41. The van der Waals surface area contributed by atoms with Crippen LogP contribution in [0.3, 0.4) is 0 Å². The van der Waals surface area contributed by atoms with Crippen LogP contribution in [0.1, 0.15) is 36.4 Å². The second-order valence-corrected chi connectivity index (χ2v) is 6.54. The van der Waals surface area contributed by atoms with Gasteiger partial charge in [0.15, 0.2) is 0 Å². The molecule has 20 heavy (non-hydrogen) atoms. The Morgan fingerprint density at radius 1 is 1.25 bits per heavy atom. The number of rotatable bonds is 2. The highest BCUT2D eigenvalue weighted by Gasteiger charge is 2.39. The van der Waals surface area contributed by atoms with Gasteiger partial charge in [0.25, 0.3) is 0 Å². The SMILES string of the molecule is COc1ccc2c(c1)C(N1CC3CCCNC3C1)CC2. The summed E-state index contributed by atoms with van der Waals surface area (Å²) in [7, 11) is 1.76. The van der Waals surface area contributed by atoms with E-state index >= 15 is 0 Å². The van der Waals surface area contributed by atoms with Gasteiger partial charge < -0.3 is 10.1 Å². The maximum absolute atomic E-state index is 5.41. The summed E-state index contributed by atoms with van der Waals surface area (Å²) in [6, 6.07) is 7.98. The van der Waals surface area contributed by atoms with Crippen LogP contribution >= 0.6 is 0 Å². The molecule has 0 radical (unpaired) electrons. The average Bonchev–Trinajstić information content (AvgIpc) is 3.09. The lowest BCUT2D eigenvalue weighted by Crippen LogP contribution is -2.40. The molecule has 0 aromatic heterocycles. The zero-order chi connectivity index (χ0) is 13.5. The number of ether oxygens (including phenoxy) is 1. The van der Waals surface area contributed by atoms with Crippen LogP contribution in [0.15, 0.2) is 18.2 Å². The van der Waals surface area contributed by atoms with E-state index in [1.54, 1.807) is 7.11 Å². The van der Waals surface area contributed by atoms with Crippen LogP contribution in [0.25, 0.3) is 0 Å². The Bertz CT molecular complexity index is 488. The number of benzene rings is 1. The van der Waals surface area contributed by atoms with Crippen molar-refractivity contribution in [1.29, 1.82) is 0 Å². The fraction of sp³-hybridized carbons (Fsp3) is 0.647. The summed E-state index contributed by atoms with van der Waals surface area (Å²) in [5.74, 6) is 1.88. The first-order chi connectivity index (χ1) is 9.85. The standard InChI is InChI=1S/C17H24N2O/c1-20-14-6-4-12-5-7-17(15(12)9-14)19-10-13-3-2-8-18-16(13)11-19/h4,6,9,13,16-18H,2-3,5,7-8,10-11H2,1H3. The number of methoxy groups -OCH3 is 1. The fourth-order valence-electron chi connectivity index (χ4n) is 4.40. The maximum atomic E-state index is 5.41. The van der Waals surface area contributed by atoms with Crippen LogP contribution in [0.2, 0.25) is 0 Å². The molecule has 3 aliphatic rings. The molecule has 0 saturated carbocycles. The molecule has 2 aliphatic heterocycles. The van der Waals surface area contributed by atoms with Crippen molar-refractivity contribution in [2.75, 3.05) is 26.7 Å². The van der Waals surface area contributed by atoms with E-state index in [0.717, 1.165) is 17.7 Å². The first-order valence-electron chi connectivity index (χ1n) is 7.99. The van der Waals surface area contributed by atoms with Crippen LogP contribution in [-0.2, 0) is 6.42 Å². The predicted octanol–water partition coefficient (Wildman–Crippen LogP) is 2.37. The molecule has 3 heteroatoms. The van der Waals surface area contributed by atoms with Crippen molar-refractivity contribution >= 4 is 0 Å². The summed E-state index contributed by atoms with van der Waals surface area (Å²) in [5, 5.41) is 3.71. The van der Waals surface area contributed by atoms with E-state index in [0.29, 0.717) is 6.04 Å². The molecule has 3 unspecified atom stereocenters. The number of nitrogens with one attached hydrogen (secondary N) is 1. The van der Waals surface area contributed by atoms with Crippen LogP contribution in [0.4, 0.5) is 0 Å². The van der Waals surface area contributed by atoms with E-state index < -0.39 is 0 Å². The number of aryl methyl sites for hydroxylation is 1. The topological polar surface area (TPSA) is 24.5 Å². The second-order valence-electron chi connectivity index (χ2n) is 6.54. The third kappa shape index (κ3) is 2.04. The number of hydrogen-bond donors (Lipinski definition) is 1. The van der Waals surface area contributed by atoms with Gasteiger partial charge in [-0.25, -0.2) is 0 Å². The number of fused-ring (bicyclic) bond motifs is 2. The quantitative estimate of drug-likeness (QED) is 0.894. The minimum atomic E-state index is 0.618. The molecule has 2 fully saturated rings. The van der Waals surface area contributed by atoms with Gasteiger partial charge in [-0.1, -0.05) is 6.07 Å². The largest absolute Gasteiger partial charge is 0.497 e.